The van der Waals surface area contributed by atoms with Crippen molar-refractivity contribution in [3.63, 3.8) is 0 Å². The van der Waals surface area contributed by atoms with Gasteiger partial charge in [-0.25, -0.2) is 0 Å². The quantitative estimate of drug-likeness (QED) is 0.732. The summed E-state index contributed by atoms with van der Waals surface area (Å²) < 4.78 is 0. The largest absolute Gasteiger partial charge is 0.198 e. The van der Waals surface area contributed by atoms with Gasteiger partial charge < -0.3 is 0 Å². The van der Waals surface area contributed by atoms with Crippen LogP contribution in [0.1, 0.15) is 54.4 Å². The second kappa shape index (κ2) is 29.3. The van der Waals surface area contributed by atoms with Crippen LogP contribution in [0.5, 0.6) is 0 Å². The van der Waals surface area contributed by atoms with E-state index in [0.717, 1.165) is 12.8 Å². The highest BCUT2D eigenvalue weighted by atomic mass is 32.1. The zero-order valence-electron chi connectivity index (χ0n) is 11.9. The van der Waals surface area contributed by atoms with Crippen LogP contribution in [0.4, 0.5) is 0 Å². The summed E-state index contributed by atoms with van der Waals surface area (Å²) >= 11 is 3.53. The summed E-state index contributed by atoms with van der Waals surface area (Å²) in [5.74, 6) is -0.148. The molecule has 0 aliphatic heterocycles. The Morgan fingerprint density at radius 3 is 1.06 bits per heavy atom. The van der Waals surface area contributed by atoms with E-state index in [9.17, 15) is 0 Å². The summed E-state index contributed by atoms with van der Waals surface area (Å²) in [6.45, 7) is 11.9. The van der Waals surface area contributed by atoms with E-state index in [1.807, 2.05) is 41.5 Å². The molecule has 0 heterocycles. The first-order chi connectivity index (χ1) is 7.79. The lowest BCUT2D eigenvalue weighted by Gasteiger charge is -2.09. The maximum atomic E-state index is 8.56. The molecular weight excluding hydrogens is 216 g/mol. The Kier molecular flexibility index (Phi) is 44.8. The van der Waals surface area contributed by atoms with E-state index in [2.05, 4.69) is 24.8 Å². The summed E-state index contributed by atoms with van der Waals surface area (Å²) in [6.07, 6.45) is 3.26. The van der Waals surface area contributed by atoms with Crippen molar-refractivity contribution in [2.24, 2.45) is 11.8 Å². The maximum absolute atomic E-state index is 8.56. The molecule has 0 aromatic carbocycles. The van der Waals surface area contributed by atoms with Crippen LogP contribution in [0, 0.1) is 34.5 Å². The average molecular weight is 244 g/mol. The molecule has 0 saturated heterocycles. The lowest BCUT2D eigenvalue weighted by atomic mass is 9.91. The van der Waals surface area contributed by atoms with E-state index in [1.54, 1.807) is 6.26 Å². The zero-order chi connectivity index (χ0) is 14.0. The molecule has 3 heteroatoms. The average Bonchev–Trinajstić information content (AvgIpc) is 2.42. The molecule has 0 aliphatic rings. The second-order valence-electron chi connectivity index (χ2n) is 2.29. The van der Waals surface area contributed by atoms with E-state index in [0.29, 0.717) is 0 Å². The molecule has 16 heavy (non-hydrogen) atoms. The zero-order valence-corrected chi connectivity index (χ0v) is 12.8. The van der Waals surface area contributed by atoms with Crippen molar-refractivity contribution in [1.29, 1.82) is 10.5 Å². The van der Waals surface area contributed by atoms with Crippen LogP contribution in [0.2, 0.25) is 0 Å². The normalized spacial score (nSPS) is 10.4. The fourth-order valence-corrected chi connectivity index (χ4v) is 0.932. The van der Waals surface area contributed by atoms with Gasteiger partial charge in [-0.1, -0.05) is 41.5 Å². The Morgan fingerprint density at radius 1 is 0.812 bits per heavy atom. The van der Waals surface area contributed by atoms with Gasteiger partial charge in [0.2, 0.25) is 0 Å². The first kappa shape index (κ1) is 24.5. The van der Waals surface area contributed by atoms with Gasteiger partial charge in [0, 0.05) is 0 Å². The molecule has 0 saturated carbocycles. The molecule has 0 rings (SSSR count). The minimum absolute atomic E-state index is 0.0741. The minimum Gasteiger partial charge on any atom is -0.198 e. The molecule has 0 bridgehead atoms. The first-order valence-corrected chi connectivity index (χ1v) is 6.93. The van der Waals surface area contributed by atoms with Gasteiger partial charge in [-0.05, 0) is 19.1 Å². The molecule has 0 aromatic heterocycles. The highest BCUT2D eigenvalue weighted by molar-refractivity contribution is 7.79. The van der Waals surface area contributed by atoms with Gasteiger partial charge in [-0.3, -0.25) is 0 Å². The van der Waals surface area contributed by atoms with Gasteiger partial charge in [0.25, 0.3) is 0 Å². The Hall–Kier alpha value is -0.670. The third-order valence-electron chi connectivity index (χ3n) is 1.70. The lowest BCUT2D eigenvalue weighted by molar-refractivity contribution is 0.469. The SMILES string of the molecule is CC.CC.CCC(C#N)C(C#N)CC.CS. The fourth-order valence-electron chi connectivity index (χ4n) is 0.932. The van der Waals surface area contributed by atoms with Crippen LogP contribution in [-0.2, 0) is 0 Å². The number of hydrogen-bond acceptors (Lipinski definition) is 3. The van der Waals surface area contributed by atoms with Crippen molar-refractivity contribution in [2.45, 2.75) is 54.4 Å². The van der Waals surface area contributed by atoms with Crippen LogP contribution in [0.3, 0.4) is 0 Å². The number of nitrogens with zero attached hydrogens (tertiary/aromatic N) is 2. The van der Waals surface area contributed by atoms with E-state index < -0.39 is 0 Å². The minimum atomic E-state index is -0.0741. The van der Waals surface area contributed by atoms with Crippen LogP contribution in [0.25, 0.3) is 0 Å². The van der Waals surface area contributed by atoms with Crippen LogP contribution in [0.15, 0.2) is 0 Å². The molecule has 2 nitrogen and oxygen atoms in total. The van der Waals surface area contributed by atoms with Crippen molar-refractivity contribution >= 4 is 12.6 Å². The summed E-state index contributed by atoms with van der Waals surface area (Å²) in [5.41, 5.74) is 0. The summed E-state index contributed by atoms with van der Waals surface area (Å²) in [7, 11) is 0. The van der Waals surface area contributed by atoms with E-state index in [1.165, 1.54) is 0 Å². The second-order valence-corrected chi connectivity index (χ2v) is 2.29. The highest BCUT2D eigenvalue weighted by Gasteiger charge is 2.16. The summed E-state index contributed by atoms with van der Waals surface area (Å²) in [6, 6.07) is 4.26. The van der Waals surface area contributed by atoms with Crippen molar-refractivity contribution in [3.8, 4) is 12.1 Å². The molecular formula is C13H28N2S. The predicted molar refractivity (Wildman–Crippen MR) is 76.4 cm³/mol. The van der Waals surface area contributed by atoms with Gasteiger partial charge in [0.15, 0.2) is 0 Å². The van der Waals surface area contributed by atoms with Crippen molar-refractivity contribution in [1.82, 2.24) is 0 Å². The third kappa shape index (κ3) is 15.8. The number of rotatable bonds is 3. The molecule has 0 N–H and O–H groups in total. The third-order valence-corrected chi connectivity index (χ3v) is 1.70. The molecule has 0 amide bonds. The number of nitriles is 2. The van der Waals surface area contributed by atoms with Crippen LogP contribution >= 0.6 is 12.6 Å². The molecule has 0 spiro atoms. The van der Waals surface area contributed by atoms with E-state index in [-0.39, 0.29) is 11.8 Å². The van der Waals surface area contributed by atoms with Crippen molar-refractivity contribution < 1.29 is 0 Å². The Morgan fingerprint density at radius 2 is 1.00 bits per heavy atom. The van der Waals surface area contributed by atoms with Gasteiger partial charge in [0.05, 0.1) is 24.0 Å². The predicted octanol–water partition coefficient (Wildman–Crippen LogP) is 4.68. The summed E-state index contributed by atoms with van der Waals surface area (Å²) in [4.78, 5) is 0. The molecule has 0 aromatic rings. The van der Waals surface area contributed by atoms with Gasteiger partial charge in [-0.2, -0.15) is 23.2 Å². The summed E-state index contributed by atoms with van der Waals surface area (Å²) in [5, 5.41) is 17.1. The first-order valence-electron chi connectivity index (χ1n) is 6.04. The van der Waals surface area contributed by atoms with Gasteiger partial charge in [-0.15, -0.1) is 0 Å². The van der Waals surface area contributed by atoms with Crippen LogP contribution < -0.4 is 0 Å². The van der Waals surface area contributed by atoms with Crippen molar-refractivity contribution in [2.75, 3.05) is 6.26 Å². The maximum Gasteiger partial charge on any atom is 0.0669 e. The van der Waals surface area contributed by atoms with Crippen molar-refractivity contribution in [3.05, 3.63) is 0 Å². The van der Waals surface area contributed by atoms with Gasteiger partial charge >= 0.3 is 0 Å². The lowest BCUT2D eigenvalue weighted by Crippen LogP contribution is -2.08. The molecule has 2 atom stereocenters. The smallest absolute Gasteiger partial charge is 0.0669 e. The molecule has 0 radical (unpaired) electrons. The topological polar surface area (TPSA) is 47.6 Å². The fraction of sp³-hybridized carbons (Fsp3) is 0.846. The molecule has 0 fully saturated rings. The monoisotopic (exact) mass is 244 g/mol. The number of thiol groups is 1. The molecule has 2 unspecified atom stereocenters. The Labute approximate surface area is 108 Å². The molecule has 0 aliphatic carbocycles. The molecule has 96 valence electrons. The Bertz CT molecular complexity index is 148. The standard InChI is InChI=1S/C8H12N2.2C2H6.CH4S/c1-3-7(5-9)8(4-2)6-10;3*1-2/h7-8H,3-4H2,1-2H3;2*1-2H3;2H,1H3. The van der Waals surface area contributed by atoms with Crippen LogP contribution in [-0.4, -0.2) is 6.26 Å². The van der Waals surface area contributed by atoms with Gasteiger partial charge in [0.1, 0.15) is 0 Å². The number of hydrogen-bond donors (Lipinski definition) is 1. The van der Waals surface area contributed by atoms with E-state index >= 15 is 0 Å². The highest BCUT2D eigenvalue weighted by Crippen LogP contribution is 2.16. The van der Waals surface area contributed by atoms with E-state index in [4.69, 9.17) is 10.5 Å². The Balaban J connectivity index is -0.000000103.